The lowest BCUT2D eigenvalue weighted by Crippen LogP contribution is -2.49. The minimum Gasteiger partial charge on any atom is -0.381 e. The van der Waals surface area contributed by atoms with Crippen LogP contribution in [-0.2, 0) is 17.6 Å². The van der Waals surface area contributed by atoms with Crippen molar-refractivity contribution in [1.29, 1.82) is 0 Å². The molecule has 0 saturated carbocycles. The zero-order valence-corrected chi connectivity index (χ0v) is 14.8. The van der Waals surface area contributed by atoms with Gasteiger partial charge < -0.3 is 20.7 Å². The number of amides is 2. The maximum absolute atomic E-state index is 12.8. The van der Waals surface area contributed by atoms with Gasteiger partial charge in [-0.15, -0.1) is 0 Å². The number of nitrogens with one attached hydrogen (secondary N) is 1. The number of carbonyl (C=O) groups is 1. The third-order valence-electron chi connectivity index (χ3n) is 6.05. The number of urea groups is 1. The van der Waals surface area contributed by atoms with Crippen molar-refractivity contribution in [3.05, 3.63) is 23.5 Å². The van der Waals surface area contributed by atoms with Crippen LogP contribution in [0.2, 0.25) is 0 Å². The molecule has 2 aliphatic heterocycles. The van der Waals surface area contributed by atoms with Crippen molar-refractivity contribution in [2.45, 2.75) is 51.0 Å². The Balaban J connectivity index is 1.42. The van der Waals surface area contributed by atoms with Gasteiger partial charge in [0.25, 0.3) is 0 Å². The number of likely N-dealkylation sites (tertiary alicyclic amines) is 1. The van der Waals surface area contributed by atoms with Crippen LogP contribution in [0.5, 0.6) is 0 Å². The molecule has 1 aromatic heterocycles. The SMILES string of the molecule is NC1CCc2ncc(NC(=O)N3CCCC4(CCOCC4)C3)cc2C1. The molecule has 136 valence electrons. The largest absolute Gasteiger partial charge is 0.381 e. The normalized spacial score (nSPS) is 25.5. The molecule has 0 aromatic carbocycles. The second-order valence-corrected chi connectivity index (χ2v) is 7.90. The summed E-state index contributed by atoms with van der Waals surface area (Å²) in [7, 11) is 0. The molecule has 2 amide bonds. The van der Waals surface area contributed by atoms with Crippen molar-refractivity contribution in [3.8, 4) is 0 Å². The van der Waals surface area contributed by atoms with Gasteiger partial charge in [-0.05, 0) is 62.0 Å². The minimum absolute atomic E-state index is 0.00701. The maximum atomic E-state index is 12.8. The average molecular weight is 344 g/mol. The summed E-state index contributed by atoms with van der Waals surface area (Å²) in [5.41, 5.74) is 9.40. The molecular formula is C19H28N4O2. The third-order valence-corrected chi connectivity index (χ3v) is 6.05. The number of rotatable bonds is 1. The Hall–Kier alpha value is -1.66. The van der Waals surface area contributed by atoms with E-state index in [-0.39, 0.29) is 17.5 Å². The van der Waals surface area contributed by atoms with E-state index in [4.69, 9.17) is 10.5 Å². The van der Waals surface area contributed by atoms with E-state index >= 15 is 0 Å². The van der Waals surface area contributed by atoms with Crippen LogP contribution in [0.4, 0.5) is 10.5 Å². The van der Waals surface area contributed by atoms with E-state index in [1.54, 1.807) is 6.20 Å². The molecule has 2 saturated heterocycles. The van der Waals surface area contributed by atoms with Crippen LogP contribution < -0.4 is 11.1 Å². The van der Waals surface area contributed by atoms with Gasteiger partial charge >= 0.3 is 6.03 Å². The molecule has 1 unspecified atom stereocenters. The summed E-state index contributed by atoms with van der Waals surface area (Å²) >= 11 is 0. The van der Waals surface area contributed by atoms with Gasteiger partial charge in [-0.3, -0.25) is 4.98 Å². The molecule has 3 aliphatic rings. The molecule has 3 N–H and O–H groups in total. The second-order valence-electron chi connectivity index (χ2n) is 7.90. The van der Waals surface area contributed by atoms with Crippen molar-refractivity contribution in [3.63, 3.8) is 0 Å². The smallest absolute Gasteiger partial charge is 0.321 e. The van der Waals surface area contributed by atoms with Crippen LogP contribution >= 0.6 is 0 Å². The van der Waals surface area contributed by atoms with Gasteiger partial charge in [0, 0.05) is 38.0 Å². The highest BCUT2D eigenvalue weighted by Crippen LogP contribution is 2.39. The van der Waals surface area contributed by atoms with Crippen molar-refractivity contribution < 1.29 is 9.53 Å². The number of nitrogens with two attached hydrogens (primary N) is 1. The van der Waals surface area contributed by atoms with Crippen molar-refractivity contribution >= 4 is 11.7 Å². The molecule has 1 aliphatic carbocycles. The molecule has 4 rings (SSSR count). The van der Waals surface area contributed by atoms with E-state index in [1.165, 1.54) is 12.0 Å². The summed E-state index contributed by atoms with van der Waals surface area (Å²) in [5, 5.41) is 3.05. The molecule has 0 radical (unpaired) electrons. The number of hydrogen-bond acceptors (Lipinski definition) is 4. The van der Waals surface area contributed by atoms with Crippen LogP contribution in [0.15, 0.2) is 12.3 Å². The highest BCUT2D eigenvalue weighted by Gasteiger charge is 2.38. The molecule has 1 spiro atoms. The van der Waals surface area contributed by atoms with E-state index in [0.29, 0.717) is 0 Å². The van der Waals surface area contributed by atoms with E-state index < -0.39 is 0 Å². The number of hydrogen-bond donors (Lipinski definition) is 2. The number of ether oxygens (including phenoxy) is 1. The first-order valence-electron chi connectivity index (χ1n) is 9.51. The fourth-order valence-corrected chi connectivity index (χ4v) is 4.51. The van der Waals surface area contributed by atoms with Crippen LogP contribution in [0.3, 0.4) is 0 Å². The Morgan fingerprint density at radius 2 is 2.20 bits per heavy atom. The molecule has 2 fully saturated rings. The predicted octanol–water partition coefficient (Wildman–Crippen LogP) is 2.32. The van der Waals surface area contributed by atoms with E-state index in [1.807, 2.05) is 11.0 Å². The van der Waals surface area contributed by atoms with Crippen LogP contribution in [0.1, 0.15) is 43.4 Å². The zero-order chi connectivity index (χ0) is 17.3. The Kier molecular flexibility index (Phi) is 4.65. The molecule has 6 nitrogen and oxygen atoms in total. The third kappa shape index (κ3) is 3.65. The highest BCUT2D eigenvalue weighted by atomic mass is 16.5. The van der Waals surface area contributed by atoms with Crippen molar-refractivity contribution in [1.82, 2.24) is 9.88 Å². The molecule has 1 aromatic rings. The molecule has 25 heavy (non-hydrogen) atoms. The van der Waals surface area contributed by atoms with Gasteiger partial charge in [0.1, 0.15) is 0 Å². The van der Waals surface area contributed by atoms with Crippen molar-refractivity contribution in [2.24, 2.45) is 11.1 Å². The monoisotopic (exact) mass is 344 g/mol. The molecule has 0 bridgehead atoms. The summed E-state index contributed by atoms with van der Waals surface area (Å²) in [4.78, 5) is 19.3. The molecule has 3 heterocycles. The quantitative estimate of drug-likeness (QED) is 0.819. The fraction of sp³-hybridized carbons (Fsp3) is 0.684. The first-order chi connectivity index (χ1) is 12.1. The number of fused-ring (bicyclic) bond motifs is 1. The number of aromatic nitrogens is 1. The minimum atomic E-state index is -0.00701. The van der Waals surface area contributed by atoms with Gasteiger partial charge in [-0.1, -0.05) is 0 Å². The Morgan fingerprint density at radius 3 is 3.04 bits per heavy atom. The van der Waals surface area contributed by atoms with Crippen LogP contribution in [0, 0.1) is 5.41 Å². The summed E-state index contributed by atoms with van der Waals surface area (Å²) in [5.74, 6) is 0. The molecular weight excluding hydrogens is 316 g/mol. The van der Waals surface area contributed by atoms with Crippen LogP contribution in [-0.4, -0.2) is 48.3 Å². The van der Waals surface area contributed by atoms with Crippen LogP contribution in [0.25, 0.3) is 0 Å². The highest BCUT2D eigenvalue weighted by molar-refractivity contribution is 5.89. The van der Waals surface area contributed by atoms with Gasteiger partial charge in [0.2, 0.25) is 0 Å². The lowest BCUT2D eigenvalue weighted by molar-refractivity contribution is -0.0175. The maximum Gasteiger partial charge on any atom is 0.321 e. The zero-order valence-electron chi connectivity index (χ0n) is 14.8. The lowest BCUT2D eigenvalue weighted by atomic mass is 9.74. The number of aryl methyl sites for hydroxylation is 1. The Morgan fingerprint density at radius 1 is 1.36 bits per heavy atom. The first-order valence-corrected chi connectivity index (χ1v) is 9.51. The standard InChI is InChI=1S/C19H28N4O2/c20-15-2-3-17-14(10-15)11-16(12-21-17)22-18(24)23-7-1-4-19(13-23)5-8-25-9-6-19/h11-12,15H,1-10,13,20H2,(H,22,24). The first kappa shape index (κ1) is 16.8. The van der Waals surface area contributed by atoms with E-state index in [2.05, 4.69) is 10.3 Å². The topological polar surface area (TPSA) is 80.5 Å². The fourth-order valence-electron chi connectivity index (χ4n) is 4.51. The summed E-state index contributed by atoms with van der Waals surface area (Å²) in [6, 6.07) is 2.25. The van der Waals surface area contributed by atoms with Gasteiger partial charge in [0.05, 0.1) is 11.9 Å². The van der Waals surface area contributed by atoms with Gasteiger partial charge in [-0.25, -0.2) is 4.79 Å². The number of pyridine rings is 1. The average Bonchev–Trinajstić information content (AvgIpc) is 2.62. The Bertz CT molecular complexity index is 637. The van der Waals surface area contributed by atoms with E-state index in [0.717, 1.165) is 76.2 Å². The van der Waals surface area contributed by atoms with E-state index in [9.17, 15) is 4.79 Å². The number of anilines is 1. The van der Waals surface area contributed by atoms with Crippen molar-refractivity contribution in [2.75, 3.05) is 31.6 Å². The number of carbonyl (C=O) groups excluding carboxylic acids is 1. The summed E-state index contributed by atoms with van der Waals surface area (Å²) in [6.07, 6.45) is 8.96. The Labute approximate surface area is 149 Å². The van der Waals surface area contributed by atoms with Gasteiger partial charge in [-0.2, -0.15) is 0 Å². The summed E-state index contributed by atoms with van der Waals surface area (Å²) < 4.78 is 5.51. The molecule has 1 atom stereocenters. The summed E-state index contributed by atoms with van der Waals surface area (Å²) in [6.45, 7) is 3.32. The molecule has 6 heteroatoms. The predicted molar refractivity (Wildman–Crippen MR) is 96.5 cm³/mol. The number of piperidine rings is 1. The number of nitrogens with zero attached hydrogens (tertiary/aromatic N) is 2. The second kappa shape index (κ2) is 6.92. The lowest BCUT2D eigenvalue weighted by Gasteiger charge is -2.45. The van der Waals surface area contributed by atoms with Gasteiger partial charge in [0.15, 0.2) is 0 Å².